The number of hydrogen-bond donors (Lipinski definition) is 8. The maximum atomic E-state index is 13.8. The Hall–Kier alpha value is -4.38. The highest BCUT2D eigenvalue weighted by atomic mass is 16.8. The zero-order chi connectivity index (χ0) is 42.8. The van der Waals surface area contributed by atoms with Crippen molar-refractivity contribution in [3.05, 3.63) is 93.8 Å². The summed E-state index contributed by atoms with van der Waals surface area (Å²) >= 11 is 0. The van der Waals surface area contributed by atoms with E-state index in [1.807, 2.05) is 60.7 Å². The number of carbonyl (C=O) groups excluding carboxylic acids is 2. The predicted octanol–water partition coefficient (Wildman–Crippen LogP) is 0.807. The number of ether oxygens (including phenoxy) is 3. The van der Waals surface area contributed by atoms with Gasteiger partial charge >= 0.3 is 7.12 Å². The van der Waals surface area contributed by atoms with Crippen molar-refractivity contribution in [3.8, 4) is 0 Å². The van der Waals surface area contributed by atoms with E-state index in [9.17, 15) is 40.0 Å². The number of aliphatic hydroxyl groups excluding tert-OH is 5. The van der Waals surface area contributed by atoms with Gasteiger partial charge in [-0.25, -0.2) is 0 Å². The maximum absolute atomic E-state index is 13.8. The number of amides is 2. The zero-order valence-corrected chi connectivity index (χ0v) is 33.7. The third kappa shape index (κ3) is 8.96. The van der Waals surface area contributed by atoms with Gasteiger partial charge in [0.25, 0.3) is 5.91 Å². The molecule has 0 saturated carbocycles. The monoisotopic (exact) mass is 845 g/mol. The lowest BCUT2D eigenvalue weighted by molar-refractivity contribution is -0.376. The summed E-state index contributed by atoms with van der Waals surface area (Å²) in [6.07, 6.45) is -3.71. The molecule has 5 heterocycles. The number of fused-ring (bicyclic) bond motifs is 2. The highest BCUT2D eigenvalue weighted by Gasteiger charge is 2.61. The Morgan fingerprint density at radius 1 is 0.967 bits per heavy atom. The third-order valence-electron chi connectivity index (χ3n) is 12.4. The molecule has 0 bridgehead atoms. The number of carbonyl (C=O) groups is 2. The van der Waals surface area contributed by atoms with Crippen molar-refractivity contribution in [1.29, 1.82) is 0 Å². The fraction of sp³-hybridized carbons (Fsp3) is 0.524. The molecular formula is C42H52BN5O13. The maximum Gasteiger partial charge on any atom is 0.490 e. The van der Waals surface area contributed by atoms with Crippen LogP contribution in [0.4, 0.5) is 11.4 Å². The van der Waals surface area contributed by atoms with E-state index in [4.69, 9.17) is 23.5 Å². The van der Waals surface area contributed by atoms with Crippen molar-refractivity contribution in [1.82, 2.24) is 10.2 Å². The fourth-order valence-corrected chi connectivity index (χ4v) is 8.97. The summed E-state index contributed by atoms with van der Waals surface area (Å²) in [6.45, 7) is 0.0253. The summed E-state index contributed by atoms with van der Waals surface area (Å²) in [6, 6.07) is 16.4. The molecular weight excluding hydrogens is 793 g/mol. The van der Waals surface area contributed by atoms with Gasteiger partial charge in [-0.1, -0.05) is 47.7 Å². The highest BCUT2D eigenvalue weighted by molar-refractivity contribution is 6.54. The number of allylic oxidation sites excluding steroid dienone is 2. The average molecular weight is 846 g/mol. The van der Waals surface area contributed by atoms with Gasteiger partial charge in [-0.15, -0.1) is 0 Å². The standard InChI is InChI=1S/C42H52BN5O13/c1-48-17-15-23(16-18-48)7-14-32(51)45-26-9-11-27(12-10-26)46-34(24-5-3-2-4-6-24)33-28-13-8-25(19-29(28)47-40(33)55)43-60-37-31(21-49)57-41(36(53)38(37)61-43)59-42(22-50)39(54)35(52)30(58-42)20-44-56/h2-6,8-13,23,29-31,35-39,41,46,49-50,52-54H,7,14-22H2,1H3,(H,45,51)(H,47,55)/b34-33-/t29?,30-,31?,35?,36-,37-,38?,39+,41-,42+/m1/s1. The lowest BCUT2D eigenvalue weighted by Crippen LogP contribution is -2.61. The minimum atomic E-state index is -2.29. The van der Waals surface area contributed by atoms with Crippen molar-refractivity contribution in [2.75, 3.05) is 50.5 Å². The third-order valence-corrected chi connectivity index (χ3v) is 12.4. The quantitative estimate of drug-likeness (QED) is 0.0745. The molecule has 5 fully saturated rings. The Labute approximate surface area is 352 Å². The lowest BCUT2D eigenvalue weighted by atomic mass is 9.71. The van der Waals surface area contributed by atoms with Gasteiger partial charge in [0.05, 0.1) is 30.0 Å². The van der Waals surface area contributed by atoms with Gasteiger partial charge in [-0.3, -0.25) is 9.59 Å². The van der Waals surface area contributed by atoms with E-state index in [1.165, 1.54) is 0 Å². The van der Waals surface area contributed by atoms with Gasteiger partial charge in [0.2, 0.25) is 11.7 Å². The molecule has 2 aromatic rings. The van der Waals surface area contributed by atoms with Crippen LogP contribution >= 0.6 is 0 Å². The summed E-state index contributed by atoms with van der Waals surface area (Å²) in [4.78, 5) is 39.8. The lowest BCUT2D eigenvalue weighted by Gasteiger charge is -2.43. The van der Waals surface area contributed by atoms with Crippen LogP contribution in [0, 0.1) is 10.8 Å². The summed E-state index contributed by atoms with van der Waals surface area (Å²) in [7, 11) is 1.11. The van der Waals surface area contributed by atoms with E-state index in [1.54, 1.807) is 6.08 Å². The van der Waals surface area contributed by atoms with E-state index >= 15 is 0 Å². The first kappa shape index (κ1) is 43.3. The topological polar surface area (TPSA) is 250 Å². The van der Waals surface area contributed by atoms with Crippen LogP contribution in [-0.4, -0.2) is 150 Å². The van der Waals surface area contributed by atoms with Gasteiger partial charge in [0, 0.05) is 17.8 Å². The number of nitrogens with zero attached hydrogens (tertiary/aromatic N) is 2. The second-order valence-electron chi connectivity index (χ2n) is 16.5. The normalized spacial score (nSPS) is 33.6. The van der Waals surface area contributed by atoms with Crippen LogP contribution in [0.3, 0.4) is 0 Å². The summed E-state index contributed by atoms with van der Waals surface area (Å²) in [5.74, 6) is -2.03. The van der Waals surface area contributed by atoms with Crippen LogP contribution in [0.2, 0.25) is 0 Å². The second-order valence-corrected chi connectivity index (χ2v) is 16.5. The summed E-state index contributed by atoms with van der Waals surface area (Å²) in [5, 5.41) is 65.2. The first-order chi connectivity index (χ1) is 29.5. The van der Waals surface area contributed by atoms with Crippen molar-refractivity contribution in [3.63, 3.8) is 0 Å². The van der Waals surface area contributed by atoms with Crippen molar-refractivity contribution < 1.29 is 58.6 Å². The van der Waals surface area contributed by atoms with Crippen LogP contribution < -0.4 is 16.0 Å². The number of nitroso groups, excluding NO2 is 1. The first-order valence-corrected chi connectivity index (χ1v) is 20.7. The van der Waals surface area contributed by atoms with Crippen molar-refractivity contribution in [2.45, 2.75) is 93.0 Å². The number of rotatable bonds is 14. The van der Waals surface area contributed by atoms with E-state index in [-0.39, 0.29) is 18.2 Å². The molecule has 0 spiro atoms. The van der Waals surface area contributed by atoms with Gasteiger partial charge in [0.15, 0.2) is 6.29 Å². The van der Waals surface area contributed by atoms with E-state index in [0.29, 0.717) is 40.5 Å². The fourth-order valence-electron chi connectivity index (χ4n) is 8.97. The van der Waals surface area contributed by atoms with Crippen LogP contribution in [-0.2, 0) is 33.1 Å². The molecule has 61 heavy (non-hydrogen) atoms. The van der Waals surface area contributed by atoms with Crippen LogP contribution in [0.1, 0.15) is 37.7 Å². The van der Waals surface area contributed by atoms with Gasteiger partial charge < -0.3 is 69.9 Å². The minimum Gasteiger partial charge on any atom is -0.399 e. The molecule has 4 unspecified atom stereocenters. The smallest absolute Gasteiger partial charge is 0.399 e. The average Bonchev–Trinajstić information content (AvgIpc) is 3.93. The SMILES string of the molecule is CN1CCC(CCC(=O)Nc2ccc(N/C(=C3\C(=O)NC4CC(B5OC6[C@H](O5)C(CO)O[C@H](O[C@]5(CO)O[C@H](CN=O)C(O)[C@@H]5O)[C@@H]6O)=CC=C34)c3ccccc3)cc2)CC1. The van der Waals surface area contributed by atoms with Crippen LogP contribution in [0.15, 0.2) is 88.5 Å². The number of likely N-dealkylation sites (tertiary alicyclic amines) is 1. The number of benzene rings is 2. The zero-order valence-electron chi connectivity index (χ0n) is 33.7. The molecule has 1 aliphatic carbocycles. The van der Waals surface area contributed by atoms with E-state index in [2.05, 4.69) is 33.1 Å². The summed E-state index contributed by atoms with van der Waals surface area (Å²) in [5.41, 5.74) is 4.60. The Morgan fingerprint density at radius 3 is 2.36 bits per heavy atom. The first-order valence-electron chi connectivity index (χ1n) is 20.7. The van der Waals surface area contributed by atoms with Crippen LogP contribution in [0.5, 0.6) is 0 Å². The van der Waals surface area contributed by atoms with Crippen molar-refractivity contribution >= 4 is 36.0 Å². The number of hydrogen-bond acceptors (Lipinski definition) is 16. The second kappa shape index (κ2) is 18.5. The minimum absolute atomic E-state index is 0.0168. The molecule has 10 atom stereocenters. The molecule has 2 amide bonds. The van der Waals surface area contributed by atoms with Gasteiger partial charge in [-0.2, -0.15) is 4.91 Å². The van der Waals surface area contributed by atoms with E-state index < -0.39 is 87.7 Å². The molecule has 18 nitrogen and oxygen atoms in total. The number of piperidine rings is 1. The predicted molar refractivity (Wildman–Crippen MR) is 220 cm³/mol. The molecule has 326 valence electrons. The Kier molecular flexibility index (Phi) is 13.2. The summed E-state index contributed by atoms with van der Waals surface area (Å²) < 4.78 is 29.5. The molecule has 8 N–H and O–H groups in total. The van der Waals surface area contributed by atoms with Crippen molar-refractivity contribution in [2.24, 2.45) is 11.1 Å². The molecule has 5 aliphatic heterocycles. The molecule has 8 rings (SSSR count). The van der Waals surface area contributed by atoms with Gasteiger partial charge in [-0.05, 0) is 92.6 Å². The molecule has 19 heteroatoms. The molecule has 0 radical (unpaired) electrons. The van der Waals surface area contributed by atoms with Gasteiger partial charge in [0.1, 0.15) is 49.8 Å². The highest BCUT2D eigenvalue weighted by Crippen LogP contribution is 2.42. The Balaban J connectivity index is 0.968. The molecule has 6 aliphatic rings. The number of nitrogens with one attached hydrogen (secondary N) is 3. The number of anilines is 2. The Morgan fingerprint density at radius 2 is 1.67 bits per heavy atom. The molecule has 5 saturated heterocycles. The Bertz CT molecular complexity index is 2010. The molecule has 2 aromatic carbocycles. The van der Waals surface area contributed by atoms with E-state index in [0.717, 1.165) is 43.5 Å². The number of aliphatic hydroxyl groups is 5. The molecule has 0 aromatic heterocycles. The largest absolute Gasteiger partial charge is 0.490 e. The van der Waals surface area contributed by atoms with Crippen LogP contribution in [0.25, 0.3) is 5.70 Å².